The van der Waals surface area contributed by atoms with E-state index in [2.05, 4.69) is 5.32 Å². The van der Waals surface area contributed by atoms with Crippen molar-refractivity contribution in [2.24, 2.45) is 0 Å². The molecular weight excluding hydrogens is 348 g/mol. The van der Waals surface area contributed by atoms with Crippen LogP contribution in [0.25, 0.3) is 0 Å². The third-order valence-corrected chi connectivity index (χ3v) is 4.27. The van der Waals surface area contributed by atoms with Crippen molar-refractivity contribution < 1.29 is 23.8 Å². The van der Waals surface area contributed by atoms with E-state index >= 15 is 0 Å². The second-order valence-corrected chi connectivity index (χ2v) is 6.15. The highest BCUT2D eigenvalue weighted by Crippen LogP contribution is 2.34. The first-order valence-electron chi connectivity index (χ1n) is 8.63. The van der Waals surface area contributed by atoms with E-state index in [0.29, 0.717) is 30.2 Å². The van der Waals surface area contributed by atoms with Gasteiger partial charge in [0.2, 0.25) is 18.6 Å². The topological polar surface area (TPSA) is 77.1 Å². The maximum Gasteiger partial charge on any atom is 0.243 e. The lowest BCUT2D eigenvalue weighted by Gasteiger charge is -2.20. The summed E-state index contributed by atoms with van der Waals surface area (Å²) < 4.78 is 15.7. The summed E-state index contributed by atoms with van der Waals surface area (Å²) >= 11 is 0. The van der Waals surface area contributed by atoms with Crippen molar-refractivity contribution in [1.29, 1.82) is 0 Å². The summed E-state index contributed by atoms with van der Waals surface area (Å²) in [6.45, 7) is 2.08. The first-order valence-corrected chi connectivity index (χ1v) is 8.63. The van der Waals surface area contributed by atoms with Gasteiger partial charge in [-0.3, -0.25) is 9.59 Å². The second kappa shape index (κ2) is 8.44. The Morgan fingerprint density at radius 3 is 2.56 bits per heavy atom. The lowest BCUT2D eigenvalue weighted by molar-refractivity contribution is -0.132. The van der Waals surface area contributed by atoms with E-state index in [1.165, 1.54) is 11.8 Å². The molecule has 1 heterocycles. The van der Waals surface area contributed by atoms with Crippen molar-refractivity contribution in [3.05, 3.63) is 48.0 Å². The van der Waals surface area contributed by atoms with Gasteiger partial charge >= 0.3 is 0 Å². The minimum Gasteiger partial charge on any atom is -0.497 e. The minimum atomic E-state index is -0.265. The van der Waals surface area contributed by atoms with Crippen LogP contribution in [0.1, 0.15) is 12.5 Å². The number of anilines is 1. The van der Waals surface area contributed by atoms with Crippen molar-refractivity contribution in [3.63, 3.8) is 0 Å². The van der Waals surface area contributed by atoms with Crippen LogP contribution in [0.15, 0.2) is 42.5 Å². The molecule has 1 aliphatic rings. The fraction of sp³-hybridized carbons (Fsp3) is 0.300. The SMILES string of the molecule is COc1ccc(CCN(CC(=O)Nc2ccc3c(c2)OCO3)C(C)=O)cc1. The number of hydrogen-bond donors (Lipinski definition) is 1. The Labute approximate surface area is 157 Å². The van der Waals surface area contributed by atoms with E-state index in [-0.39, 0.29) is 25.2 Å². The highest BCUT2D eigenvalue weighted by molar-refractivity contribution is 5.94. The van der Waals surface area contributed by atoms with Crippen molar-refractivity contribution in [2.75, 3.05) is 32.3 Å². The Morgan fingerprint density at radius 1 is 1.11 bits per heavy atom. The largest absolute Gasteiger partial charge is 0.497 e. The molecule has 3 rings (SSSR count). The van der Waals surface area contributed by atoms with Gasteiger partial charge < -0.3 is 24.4 Å². The fourth-order valence-electron chi connectivity index (χ4n) is 2.75. The van der Waals surface area contributed by atoms with Crippen LogP contribution in [0.3, 0.4) is 0 Å². The number of carbonyl (C=O) groups is 2. The quantitative estimate of drug-likeness (QED) is 0.810. The first-order chi connectivity index (χ1) is 13.0. The van der Waals surface area contributed by atoms with Crippen molar-refractivity contribution in [3.8, 4) is 17.2 Å². The second-order valence-electron chi connectivity index (χ2n) is 6.15. The zero-order valence-electron chi connectivity index (χ0n) is 15.4. The Kier molecular flexibility index (Phi) is 5.80. The number of nitrogens with one attached hydrogen (secondary N) is 1. The molecule has 0 bridgehead atoms. The van der Waals surface area contributed by atoms with Gasteiger partial charge in [-0.25, -0.2) is 0 Å². The molecule has 142 valence electrons. The zero-order chi connectivity index (χ0) is 19.2. The van der Waals surface area contributed by atoms with Crippen LogP contribution in [0.2, 0.25) is 0 Å². The summed E-state index contributed by atoms with van der Waals surface area (Å²) in [5.74, 6) is 1.61. The third kappa shape index (κ3) is 4.91. The summed E-state index contributed by atoms with van der Waals surface area (Å²) in [5.41, 5.74) is 1.67. The summed E-state index contributed by atoms with van der Waals surface area (Å²) in [7, 11) is 1.62. The molecule has 0 spiro atoms. The van der Waals surface area contributed by atoms with Crippen LogP contribution in [0.4, 0.5) is 5.69 Å². The molecule has 7 nitrogen and oxygen atoms in total. The van der Waals surface area contributed by atoms with Crippen LogP contribution >= 0.6 is 0 Å². The minimum absolute atomic E-state index is 0.0140. The number of methoxy groups -OCH3 is 1. The standard InChI is InChI=1S/C20H22N2O5/c1-14(23)22(10-9-15-3-6-17(25-2)7-4-15)12-20(24)21-16-5-8-18-19(11-16)27-13-26-18/h3-8,11H,9-10,12-13H2,1-2H3,(H,21,24). The van der Waals surface area contributed by atoms with Crippen LogP contribution in [0.5, 0.6) is 17.2 Å². The molecule has 1 N–H and O–H groups in total. The number of ether oxygens (including phenoxy) is 3. The van der Waals surface area contributed by atoms with E-state index in [9.17, 15) is 9.59 Å². The van der Waals surface area contributed by atoms with Gasteiger partial charge in [-0.2, -0.15) is 0 Å². The predicted octanol–water partition coefficient (Wildman–Crippen LogP) is 2.45. The molecule has 0 fully saturated rings. The molecule has 0 unspecified atom stereocenters. The summed E-state index contributed by atoms with van der Waals surface area (Å²) in [6, 6.07) is 12.8. The van der Waals surface area contributed by atoms with Gasteiger partial charge in [0.05, 0.1) is 13.7 Å². The molecule has 0 aliphatic carbocycles. The van der Waals surface area contributed by atoms with Gasteiger partial charge in [0.1, 0.15) is 5.75 Å². The Hall–Kier alpha value is -3.22. The van der Waals surface area contributed by atoms with Gasteiger partial charge in [-0.05, 0) is 36.2 Å². The monoisotopic (exact) mass is 370 g/mol. The molecule has 2 aromatic rings. The van der Waals surface area contributed by atoms with Crippen LogP contribution in [-0.4, -0.2) is 43.7 Å². The van der Waals surface area contributed by atoms with E-state index in [0.717, 1.165) is 11.3 Å². The molecule has 1 aliphatic heterocycles. The summed E-state index contributed by atoms with van der Waals surface area (Å²) in [4.78, 5) is 25.7. The zero-order valence-corrected chi connectivity index (χ0v) is 15.4. The highest BCUT2D eigenvalue weighted by atomic mass is 16.7. The average molecular weight is 370 g/mol. The van der Waals surface area contributed by atoms with Crippen molar-refractivity contribution >= 4 is 17.5 Å². The molecule has 0 atom stereocenters. The summed E-state index contributed by atoms with van der Waals surface area (Å²) in [6.07, 6.45) is 0.654. The number of amides is 2. The molecular formula is C20H22N2O5. The number of carbonyl (C=O) groups excluding carboxylic acids is 2. The number of nitrogens with zero attached hydrogens (tertiary/aromatic N) is 1. The molecule has 2 aromatic carbocycles. The fourth-order valence-corrected chi connectivity index (χ4v) is 2.75. The smallest absolute Gasteiger partial charge is 0.243 e. The van der Waals surface area contributed by atoms with E-state index in [1.807, 2.05) is 24.3 Å². The van der Waals surface area contributed by atoms with Gasteiger partial charge in [0.15, 0.2) is 11.5 Å². The van der Waals surface area contributed by atoms with Crippen LogP contribution < -0.4 is 19.5 Å². The molecule has 27 heavy (non-hydrogen) atoms. The van der Waals surface area contributed by atoms with Gasteiger partial charge in [0, 0.05) is 25.2 Å². The number of benzene rings is 2. The molecule has 0 saturated heterocycles. The molecule has 0 radical (unpaired) electrons. The van der Waals surface area contributed by atoms with Crippen molar-refractivity contribution in [1.82, 2.24) is 4.90 Å². The molecule has 0 saturated carbocycles. The normalized spacial score (nSPS) is 11.8. The summed E-state index contributed by atoms with van der Waals surface area (Å²) in [5, 5.41) is 2.79. The van der Waals surface area contributed by atoms with E-state index < -0.39 is 0 Å². The van der Waals surface area contributed by atoms with E-state index in [4.69, 9.17) is 14.2 Å². The number of hydrogen-bond acceptors (Lipinski definition) is 5. The lowest BCUT2D eigenvalue weighted by Crippen LogP contribution is -2.38. The van der Waals surface area contributed by atoms with Gasteiger partial charge in [0.25, 0.3) is 0 Å². The van der Waals surface area contributed by atoms with Crippen LogP contribution in [0, 0.1) is 0 Å². The van der Waals surface area contributed by atoms with Gasteiger partial charge in [-0.15, -0.1) is 0 Å². The lowest BCUT2D eigenvalue weighted by atomic mass is 10.1. The average Bonchev–Trinajstić information content (AvgIpc) is 3.13. The first kappa shape index (κ1) is 18.6. The predicted molar refractivity (Wildman–Crippen MR) is 100 cm³/mol. The number of fused-ring (bicyclic) bond motifs is 1. The molecule has 7 heteroatoms. The maximum atomic E-state index is 12.3. The van der Waals surface area contributed by atoms with E-state index in [1.54, 1.807) is 25.3 Å². The Bertz CT molecular complexity index is 820. The molecule has 2 amide bonds. The highest BCUT2D eigenvalue weighted by Gasteiger charge is 2.16. The Morgan fingerprint density at radius 2 is 1.85 bits per heavy atom. The number of rotatable bonds is 7. The maximum absolute atomic E-state index is 12.3. The van der Waals surface area contributed by atoms with Crippen molar-refractivity contribution in [2.45, 2.75) is 13.3 Å². The van der Waals surface area contributed by atoms with Gasteiger partial charge in [-0.1, -0.05) is 12.1 Å². The molecule has 0 aromatic heterocycles. The third-order valence-electron chi connectivity index (χ3n) is 4.27. The van der Waals surface area contributed by atoms with Crippen LogP contribution in [-0.2, 0) is 16.0 Å². The Balaban J connectivity index is 1.55.